The molecule has 2 rings (SSSR count). The number of hydrogen-bond donors (Lipinski definition) is 1. The number of nitrogens with one attached hydrogen (secondary N) is 1. The van der Waals surface area contributed by atoms with Crippen molar-refractivity contribution in [1.82, 2.24) is 5.32 Å². The molecule has 2 aromatic rings. The van der Waals surface area contributed by atoms with Crippen molar-refractivity contribution in [2.75, 3.05) is 6.54 Å². The summed E-state index contributed by atoms with van der Waals surface area (Å²) in [6.07, 6.45) is 2.54. The highest BCUT2D eigenvalue weighted by atomic mass is 79.9. The fourth-order valence-electron chi connectivity index (χ4n) is 1.96. The van der Waals surface area contributed by atoms with Crippen LogP contribution in [0.15, 0.2) is 45.5 Å². The van der Waals surface area contributed by atoms with Gasteiger partial charge in [0, 0.05) is 5.02 Å². The molecule has 0 aliphatic heterocycles. The molecule has 0 aliphatic rings. The third kappa shape index (κ3) is 3.37. The topological polar surface area (TPSA) is 25.2 Å². The highest BCUT2D eigenvalue weighted by Gasteiger charge is 2.17. The molecule has 1 atom stereocenters. The molecule has 0 bridgehead atoms. The number of hydrogen-bond acceptors (Lipinski definition) is 2. The molecule has 2 nitrogen and oxygen atoms in total. The van der Waals surface area contributed by atoms with Crippen LogP contribution in [0.4, 0.5) is 0 Å². The number of likely N-dealkylation sites (N-methyl/N-ethyl adjacent to an activating group) is 1. The van der Waals surface area contributed by atoms with Crippen LogP contribution in [0.3, 0.4) is 0 Å². The van der Waals surface area contributed by atoms with Crippen molar-refractivity contribution < 1.29 is 4.42 Å². The minimum atomic E-state index is 0.151. The second-order valence-corrected chi connectivity index (χ2v) is 5.37. The molecule has 4 heteroatoms. The van der Waals surface area contributed by atoms with E-state index in [2.05, 4.69) is 34.2 Å². The normalized spacial score (nSPS) is 12.6. The van der Waals surface area contributed by atoms with Crippen molar-refractivity contribution >= 4 is 27.5 Å². The molecule has 0 radical (unpaired) electrons. The van der Waals surface area contributed by atoms with E-state index < -0.39 is 0 Å². The average Bonchev–Trinajstić information content (AvgIpc) is 2.75. The summed E-state index contributed by atoms with van der Waals surface area (Å²) in [6.45, 7) is 2.97. The molecular weight excluding hydrogens is 314 g/mol. The van der Waals surface area contributed by atoms with Crippen molar-refractivity contribution in [2.24, 2.45) is 0 Å². The van der Waals surface area contributed by atoms with Crippen LogP contribution in [0.25, 0.3) is 0 Å². The van der Waals surface area contributed by atoms with Gasteiger partial charge in [-0.25, -0.2) is 0 Å². The van der Waals surface area contributed by atoms with E-state index >= 15 is 0 Å². The van der Waals surface area contributed by atoms with Gasteiger partial charge in [-0.2, -0.15) is 0 Å². The molecule has 0 spiro atoms. The average molecular weight is 329 g/mol. The summed E-state index contributed by atoms with van der Waals surface area (Å²) >= 11 is 9.51. The van der Waals surface area contributed by atoms with E-state index in [4.69, 9.17) is 16.0 Å². The van der Waals surface area contributed by atoms with E-state index in [1.807, 2.05) is 24.3 Å². The van der Waals surface area contributed by atoms with E-state index in [9.17, 15) is 0 Å². The zero-order valence-corrected chi connectivity index (χ0v) is 12.5. The number of furan rings is 1. The summed E-state index contributed by atoms with van der Waals surface area (Å²) in [4.78, 5) is 0. The lowest BCUT2D eigenvalue weighted by Crippen LogP contribution is -2.22. The molecule has 0 saturated heterocycles. The van der Waals surface area contributed by atoms with Gasteiger partial charge in [0.25, 0.3) is 0 Å². The van der Waals surface area contributed by atoms with Crippen LogP contribution >= 0.6 is 27.5 Å². The Hall–Kier alpha value is -0.770. The fourth-order valence-corrected chi connectivity index (χ4v) is 2.65. The Bertz CT molecular complexity index is 512. The zero-order valence-electron chi connectivity index (χ0n) is 10.1. The SMILES string of the molecule is CCNC(Cc1cccc(Cl)c1)c1occc1Br. The predicted octanol–water partition coefficient (Wildman–Crippen LogP) is 4.59. The van der Waals surface area contributed by atoms with Gasteiger partial charge >= 0.3 is 0 Å². The number of benzene rings is 1. The maximum Gasteiger partial charge on any atom is 0.135 e. The molecule has 1 unspecified atom stereocenters. The highest BCUT2D eigenvalue weighted by Crippen LogP contribution is 2.27. The van der Waals surface area contributed by atoms with Crippen molar-refractivity contribution in [2.45, 2.75) is 19.4 Å². The van der Waals surface area contributed by atoms with Gasteiger partial charge < -0.3 is 9.73 Å². The lowest BCUT2D eigenvalue weighted by molar-refractivity contribution is 0.414. The van der Waals surface area contributed by atoms with Crippen molar-refractivity contribution in [3.63, 3.8) is 0 Å². The molecule has 1 N–H and O–H groups in total. The highest BCUT2D eigenvalue weighted by molar-refractivity contribution is 9.10. The minimum absolute atomic E-state index is 0.151. The standard InChI is InChI=1S/C14H15BrClNO/c1-2-17-13(14-12(15)6-7-18-14)9-10-4-3-5-11(16)8-10/h3-8,13,17H,2,9H2,1H3. The lowest BCUT2D eigenvalue weighted by Gasteiger charge is -2.16. The van der Waals surface area contributed by atoms with Crippen molar-refractivity contribution in [1.29, 1.82) is 0 Å². The lowest BCUT2D eigenvalue weighted by atomic mass is 10.0. The van der Waals surface area contributed by atoms with Gasteiger partial charge in [-0.15, -0.1) is 0 Å². The molecule has 0 amide bonds. The van der Waals surface area contributed by atoms with Gasteiger partial charge in [0.2, 0.25) is 0 Å². The molecule has 18 heavy (non-hydrogen) atoms. The third-order valence-corrected chi connectivity index (χ3v) is 3.63. The van der Waals surface area contributed by atoms with E-state index in [1.165, 1.54) is 5.56 Å². The molecule has 96 valence electrons. The van der Waals surface area contributed by atoms with Gasteiger partial charge in [-0.1, -0.05) is 30.7 Å². The van der Waals surface area contributed by atoms with E-state index in [-0.39, 0.29) is 6.04 Å². The van der Waals surface area contributed by atoms with Gasteiger partial charge in [0.05, 0.1) is 16.8 Å². The maximum absolute atomic E-state index is 6.01. The number of halogens is 2. The first kappa shape index (κ1) is 13.7. The van der Waals surface area contributed by atoms with Crippen LogP contribution < -0.4 is 5.32 Å². The number of rotatable bonds is 5. The first-order valence-electron chi connectivity index (χ1n) is 5.91. The fraction of sp³-hybridized carbons (Fsp3) is 0.286. The second kappa shape index (κ2) is 6.41. The van der Waals surface area contributed by atoms with Crippen LogP contribution in [0.2, 0.25) is 5.02 Å². The van der Waals surface area contributed by atoms with Gasteiger partial charge in [0.1, 0.15) is 5.76 Å². The van der Waals surface area contributed by atoms with Crippen LogP contribution in [-0.4, -0.2) is 6.54 Å². The molecule has 0 saturated carbocycles. The predicted molar refractivity (Wildman–Crippen MR) is 78.0 cm³/mol. The summed E-state index contributed by atoms with van der Waals surface area (Å²) in [5.74, 6) is 0.928. The van der Waals surface area contributed by atoms with E-state index in [1.54, 1.807) is 6.26 Å². The second-order valence-electron chi connectivity index (χ2n) is 4.08. The Morgan fingerprint density at radius 2 is 2.22 bits per heavy atom. The third-order valence-electron chi connectivity index (χ3n) is 2.74. The quantitative estimate of drug-likeness (QED) is 0.868. The maximum atomic E-state index is 6.01. The summed E-state index contributed by atoms with van der Waals surface area (Å²) in [6, 6.07) is 9.99. The monoisotopic (exact) mass is 327 g/mol. The molecule has 1 heterocycles. The Kier molecular flexibility index (Phi) is 4.87. The summed E-state index contributed by atoms with van der Waals surface area (Å²) < 4.78 is 6.53. The molecule has 0 fully saturated rings. The van der Waals surface area contributed by atoms with Crippen LogP contribution in [0, 0.1) is 0 Å². The first-order chi connectivity index (χ1) is 8.70. The Labute approximate surface area is 120 Å². The minimum Gasteiger partial charge on any atom is -0.466 e. The zero-order chi connectivity index (χ0) is 13.0. The van der Waals surface area contributed by atoms with Crippen molar-refractivity contribution in [3.8, 4) is 0 Å². The Morgan fingerprint density at radius 1 is 1.39 bits per heavy atom. The van der Waals surface area contributed by atoms with Gasteiger partial charge in [-0.05, 0) is 52.7 Å². The summed E-state index contributed by atoms with van der Waals surface area (Å²) in [7, 11) is 0. The van der Waals surface area contributed by atoms with E-state index in [0.29, 0.717) is 0 Å². The summed E-state index contributed by atoms with van der Waals surface area (Å²) in [5, 5.41) is 4.19. The summed E-state index contributed by atoms with van der Waals surface area (Å²) in [5.41, 5.74) is 1.19. The Morgan fingerprint density at radius 3 is 2.83 bits per heavy atom. The van der Waals surface area contributed by atoms with Crippen molar-refractivity contribution in [3.05, 3.63) is 57.4 Å². The van der Waals surface area contributed by atoms with Crippen LogP contribution in [-0.2, 0) is 6.42 Å². The molecule has 0 aliphatic carbocycles. The van der Waals surface area contributed by atoms with E-state index in [0.717, 1.165) is 28.2 Å². The molecule has 1 aromatic heterocycles. The largest absolute Gasteiger partial charge is 0.466 e. The van der Waals surface area contributed by atoms with Gasteiger partial charge in [-0.3, -0.25) is 0 Å². The smallest absolute Gasteiger partial charge is 0.135 e. The van der Waals surface area contributed by atoms with Gasteiger partial charge in [0.15, 0.2) is 0 Å². The Balaban J connectivity index is 2.19. The van der Waals surface area contributed by atoms with Crippen LogP contribution in [0.1, 0.15) is 24.3 Å². The molecular formula is C14H15BrClNO. The van der Waals surface area contributed by atoms with Crippen LogP contribution in [0.5, 0.6) is 0 Å². The molecule has 1 aromatic carbocycles. The first-order valence-corrected chi connectivity index (χ1v) is 7.08.